The number of halogens is 1. The number of benzene rings is 3. The normalized spacial score (nSPS) is 14.3. The van der Waals surface area contributed by atoms with E-state index < -0.39 is 12.0 Å². The molecule has 8 nitrogen and oxygen atoms in total. The summed E-state index contributed by atoms with van der Waals surface area (Å²) in [5.41, 5.74) is 3.25. The van der Waals surface area contributed by atoms with Crippen LogP contribution in [0, 0.1) is 11.3 Å². The van der Waals surface area contributed by atoms with Crippen LogP contribution in [-0.4, -0.2) is 24.3 Å². The highest BCUT2D eigenvalue weighted by Gasteiger charge is 2.35. The highest BCUT2D eigenvalue weighted by atomic mass is 79.9. The zero-order chi connectivity index (χ0) is 32.2. The van der Waals surface area contributed by atoms with Gasteiger partial charge in [0.2, 0.25) is 0 Å². The van der Waals surface area contributed by atoms with E-state index in [1.54, 1.807) is 48.9 Å². The molecule has 2 aromatic heterocycles. The van der Waals surface area contributed by atoms with Crippen molar-refractivity contribution in [3.05, 3.63) is 141 Å². The third-order valence-electron chi connectivity index (χ3n) is 7.28. The second kappa shape index (κ2) is 13.7. The van der Waals surface area contributed by atoms with Crippen molar-refractivity contribution in [2.75, 3.05) is 13.7 Å². The summed E-state index contributed by atoms with van der Waals surface area (Å²) in [4.78, 5) is 33.9. The lowest BCUT2D eigenvalue weighted by Gasteiger charge is -2.24. The van der Waals surface area contributed by atoms with Crippen molar-refractivity contribution in [3.8, 4) is 17.6 Å². The average molecular weight is 713 g/mol. The number of ether oxygens (including phenoxy) is 3. The van der Waals surface area contributed by atoms with Gasteiger partial charge in [0.25, 0.3) is 5.56 Å². The van der Waals surface area contributed by atoms with Crippen molar-refractivity contribution in [1.82, 2.24) is 4.57 Å². The van der Waals surface area contributed by atoms with Crippen LogP contribution in [-0.2, 0) is 16.1 Å². The monoisotopic (exact) mass is 711 g/mol. The van der Waals surface area contributed by atoms with E-state index in [-0.39, 0.29) is 18.8 Å². The van der Waals surface area contributed by atoms with E-state index in [0.717, 1.165) is 16.0 Å². The average Bonchev–Trinajstić information content (AvgIpc) is 3.72. The largest absolute Gasteiger partial charge is 0.493 e. The summed E-state index contributed by atoms with van der Waals surface area (Å²) in [5, 5.41) is 11.3. The predicted octanol–water partition coefficient (Wildman–Crippen LogP) is 6.22. The number of nitrogens with zero attached hydrogens (tertiary/aromatic N) is 3. The minimum absolute atomic E-state index is 0.180. The number of carbonyl (C=O) groups is 1. The maximum atomic E-state index is 14.2. The van der Waals surface area contributed by atoms with E-state index >= 15 is 0 Å². The summed E-state index contributed by atoms with van der Waals surface area (Å²) in [5.74, 6) is 0.423. The van der Waals surface area contributed by atoms with Crippen LogP contribution in [0.25, 0.3) is 11.8 Å². The van der Waals surface area contributed by atoms with Crippen LogP contribution in [0.4, 0.5) is 0 Å². The van der Waals surface area contributed by atoms with Gasteiger partial charge in [0.05, 0.1) is 41.2 Å². The summed E-state index contributed by atoms with van der Waals surface area (Å²) >= 11 is 6.34. The molecule has 230 valence electrons. The Morgan fingerprint density at radius 3 is 2.59 bits per heavy atom. The molecule has 0 N–H and O–H groups in total. The smallest absolute Gasteiger partial charge is 0.338 e. The van der Waals surface area contributed by atoms with E-state index in [0.29, 0.717) is 47.7 Å². The summed E-state index contributed by atoms with van der Waals surface area (Å²) in [7, 11) is 1.54. The van der Waals surface area contributed by atoms with Gasteiger partial charge in [-0.3, -0.25) is 9.36 Å². The molecular formula is C35H26BrN3O5S2. The molecule has 0 saturated carbocycles. The zero-order valence-electron chi connectivity index (χ0n) is 24.7. The number of nitriles is 1. The highest BCUT2D eigenvalue weighted by molar-refractivity contribution is 9.10. The van der Waals surface area contributed by atoms with Crippen LogP contribution < -0.4 is 24.4 Å². The van der Waals surface area contributed by atoms with E-state index in [1.807, 2.05) is 60.0 Å². The molecule has 0 spiro atoms. The van der Waals surface area contributed by atoms with Gasteiger partial charge in [0.15, 0.2) is 16.3 Å². The number of hydrogen-bond donors (Lipinski definition) is 0. The molecule has 46 heavy (non-hydrogen) atoms. The number of thiazole rings is 1. The molecule has 0 radical (unpaired) electrons. The molecule has 0 amide bonds. The standard InChI is InChI=1S/C35H26BrN3O5S2/c1-3-43-34(41)30-31(21-10-5-4-6-11-21)38-35-39(32(30)28-14-9-15-45-28)33(40)29(46-35)17-24-16-26(42-2)27(18-25(24)36)44-20-23-13-8-7-12-22(23)19-37/h4-18,32H,3,20H2,1-2H3/b29-17-/t32-/m0/s1. The number of fused-ring (bicyclic) bond motifs is 1. The molecule has 0 fully saturated rings. The first kappa shape index (κ1) is 31.2. The number of rotatable bonds is 9. The summed E-state index contributed by atoms with van der Waals surface area (Å²) in [6, 6.07) is 25.5. The van der Waals surface area contributed by atoms with Crippen LogP contribution in [0.3, 0.4) is 0 Å². The maximum absolute atomic E-state index is 14.2. The van der Waals surface area contributed by atoms with Gasteiger partial charge in [-0.1, -0.05) is 81.9 Å². The topological polar surface area (TPSA) is 103 Å². The number of carbonyl (C=O) groups excluding carboxylic acids is 1. The van der Waals surface area contributed by atoms with Crippen molar-refractivity contribution < 1.29 is 19.0 Å². The second-order valence-electron chi connectivity index (χ2n) is 10.0. The lowest BCUT2D eigenvalue weighted by molar-refractivity contribution is -0.138. The molecule has 3 heterocycles. The van der Waals surface area contributed by atoms with Gasteiger partial charge in [-0.25, -0.2) is 9.79 Å². The molecule has 11 heteroatoms. The third-order valence-corrected chi connectivity index (χ3v) is 9.87. The van der Waals surface area contributed by atoms with Gasteiger partial charge in [-0.15, -0.1) is 11.3 Å². The molecule has 3 aromatic carbocycles. The zero-order valence-corrected chi connectivity index (χ0v) is 27.9. The fourth-order valence-corrected chi connectivity index (χ4v) is 7.39. The molecule has 6 rings (SSSR count). The molecule has 5 aromatic rings. The Labute approximate surface area is 280 Å². The van der Waals surface area contributed by atoms with Crippen LogP contribution >= 0.6 is 38.6 Å². The number of hydrogen-bond acceptors (Lipinski definition) is 9. The van der Waals surface area contributed by atoms with Gasteiger partial charge in [-0.05, 0) is 48.2 Å². The summed E-state index contributed by atoms with van der Waals surface area (Å²) < 4.78 is 19.9. The lowest BCUT2D eigenvalue weighted by Crippen LogP contribution is -2.39. The first-order valence-electron chi connectivity index (χ1n) is 14.2. The minimum atomic E-state index is -0.710. The Kier molecular flexibility index (Phi) is 9.30. The Bertz CT molecular complexity index is 2180. The van der Waals surface area contributed by atoms with Crippen LogP contribution in [0.1, 0.15) is 40.1 Å². The molecule has 0 bridgehead atoms. The Morgan fingerprint density at radius 2 is 1.87 bits per heavy atom. The quantitative estimate of drug-likeness (QED) is 0.168. The number of esters is 1. The summed E-state index contributed by atoms with van der Waals surface area (Å²) in [6.45, 7) is 2.12. The summed E-state index contributed by atoms with van der Waals surface area (Å²) in [6.07, 6.45) is 1.77. The molecule has 0 aliphatic carbocycles. The second-order valence-corrected chi connectivity index (χ2v) is 12.9. The van der Waals surface area contributed by atoms with E-state index in [1.165, 1.54) is 22.7 Å². The highest BCUT2D eigenvalue weighted by Crippen LogP contribution is 2.37. The van der Waals surface area contributed by atoms with Crippen molar-refractivity contribution in [3.63, 3.8) is 0 Å². The fraction of sp³-hybridized carbons (Fsp3) is 0.143. The number of methoxy groups -OCH3 is 1. The third kappa shape index (κ3) is 6.07. The first-order chi connectivity index (χ1) is 22.4. The van der Waals surface area contributed by atoms with E-state index in [2.05, 4.69) is 22.0 Å². The van der Waals surface area contributed by atoms with Crippen LogP contribution in [0.15, 0.2) is 104 Å². The lowest BCUT2D eigenvalue weighted by atomic mass is 9.97. The Morgan fingerprint density at radius 1 is 1.09 bits per heavy atom. The van der Waals surface area contributed by atoms with Gasteiger partial charge in [0, 0.05) is 20.5 Å². The molecule has 0 unspecified atom stereocenters. The Balaban J connectivity index is 1.47. The molecule has 1 atom stereocenters. The van der Waals surface area contributed by atoms with Gasteiger partial charge in [-0.2, -0.15) is 5.26 Å². The van der Waals surface area contributed by atoms with E-state index in [4.69, 9.17) is 19.2 Å². The van der Waals surface area contributed by atoms with Crippen molar-refractivity contribution in [1.29, 1.82) is 5.26 Å². The van der Waals surface area contributed by atoms with Crippen molar-refractivity contribution >= 4 is 56.3 Å². The van der Waals surface area contributed by atoms with Gasteiger partial charge >= 0.3 is 5.97 Å². The number of thiophene rings is 1. The maximum Gasteiger partial charge on any atom is 0.338 e. The van der Waals surface area contributed by atoms with E-state index in [9.17, 15) is 14.9 Å². The molecule has 1 aliphatic rings. The van der Waals surface area contributed by atoms with Gasteiger partial charge < -0.3 is 14.2 Å². The van der Waals surface area contributed by atoms with Crippen LogP contribution in [0.5, 0.6) is 11.5 Å². The SMILES string of the molecule is CCOC(=O)C1=C(c2ccccc2)N=c2s/c(=C\c3cc(OC)c(OCc4ccccc4C#N)cc3Br)c(=O)n2[C@H]1c1cccs1. The molecule has 0 saturated heterocycles. The first-order valence-corrected chi connectivity index (χ1v) is 16.7. The fourth-order valence-electron chi connectivity index (χ4n) is 5.14. The van der Waals surface area contributed by atoms with Crippen molar-refractivity contribution in [2.24, 2.45) is 4.99 Å². The molecule has 1 aliphatic heterocycles. The minimum Gasteiger partial charge on any atom is -0.493 e. The predicted molar refractivity (Wildman–Crippen MR) is 182 cm³/mol. The van der Waals surface area contributed by atoms with Crippen LogP contribution in [0.2, 0.25) is 0 Å². The Hall–Kier alpha value is -4.76. The molecular weight excluding hydrogens is 686 g/mol. The van der Waals surface area contributed by atoms with Gasteiger partial charge in [0.1, 0.15) is 12.6 Å². The van der Waals surface area contributed by atoms with Crippen molar-refractivity contribution in [2.45, 2.75) is 19.6 Å². The number of aromatic nitrogens is 1.